The Morgan fingerprint density at radius 1 is 0.806 bits per heavy atom. The Bertz CT molecular complexity index is 1080. The molecule has 3 aromatic carbocycles. The summed E-state index contributed by atoms with van der Waals surface area (Å²) >= 11 is 0. The molecule has 0 heterocycles. The van der Waals surface area contributed by atoms with E-state index in [1.165, 1.54) is 6.07 Å². The standard InChI is InChI=1S/C24H19F2NO4/c25-19-7-4-8-20(26)18(19)14-22(28)27-21(24(30)31)13-15-9-11-17(12-10-15)23(29)16-5-2-1-3-6-16/h1-12,21H,13-14H2,(H,27,28)(H,30,31)/t21-/m1/s1. The zero-order valence-corrected chi connectivity index (χ0v) is 16.3. The Labute approximate surface area is 177 Å². The van der Waals surface area contributed by atoms with Crippen molar-refractivity contribution >= 4 is 17.7 Å². The molecule has 3 aromatic rings. The lowest BCUT2D eigenvalue weighted by molar-refractivity contribution is -0.141. The number of nitrogens with one attached hydrogen (secondary N) is 1. The Kier molecular flexibility index (Phi) is 6.87. The molecule has 0 unspecified atom stereocenters. The Morgan fingerprint density at radius 3 is 1.97 bits per heavy atom. The molecule has 0 spiro atoms. The van der Waals surface area contributed by atoms with Crippen LogP contribution >= 0.6 is 0 Å². The third-order valence-electron chi connectivity index (χ3n) is 4.72. The van der Waals surface area contributed by atoms with Crippen LogP contribution in [0.2, 0.25) is 0 Å². The fourth-order valence-corrected chi connectivity index (χ4v) is 3.09. The smallest absolute Gasteiger partial charge is 0.326 e. The number of hydrogen-bond acceptors (Lipinski definition) is 3. The first kappa shape index (κ1) is 21.8. The third-order valence-corrected chi connectivity index (χ3v) is 4.72. The lowest BCUT2D eigenvalue weighted by Gasteiger charge is -2.15. The van der Waals surface area contributed by atoms with E-state index in [9.17, 15) is 28.3 Å². The molecule has 0 saturated carbocycles. The van der Waals surface area contributed by atoms with E-state index in [-0.39, 0.29) is 12.2 Å². The fraction of sp³-hybridized carbons (Fsp3) is 0.125. The highest BCUT2D eigenvalue weighted by Crippen LogP contribution is 2.14. The normalized spacial score (nSPS) is 11.5. The van der Waals surface area contributed by atoms with Gasteiger partial charge in [0.1, 0.15) is 17.7 Å². The number of carbonyl (C=O) groups is 3. The number of carboxylic acids is 1. The maximum Gasteiger partial charge on any atom is 0.326 e. The summed E-state index contributed by atoms with van der Waals surface area (Å²) in [6.45, 7) is 0. The molecule has 2 N–H and O–H groups in total. The van der Waals surface area contributed by atoms with E-state index in [4.69, 9.17) is 0 Å². The van der Waals surface area contributed by atoms with Crippen molar-refractivity contribution in [3.05, 3.63) is 107 Å². The maximum absolute atomic E-state index is 13.7. The summed E-state index contributed by atoms with van der Waals surface area (Å²) in [6.07, 6.45) is -0.673. The third kappa shape index (κ3) is 5.60. The van der Waals surface area contributed by atoms with Crippen LogP contribution in [0.1, 0.15) is 27.0 Å². The van der Waals surface area contributed by atoms with Crippen molar-refractivity contribution in [2.45, 2.75) is 18.9 Å². The zero-order chi connectivity index (χ0) is 22.4. The van der Waals surface area contributed by atoms with Gasteiger partial charge in [0.25, 0.3) is 0 Å². The fourth-order valence-electron chi connectivity index (χ4n) is 3.09. The number of hydrogen-bond donors (Lipinski definition) is 2. The highest BCUT2D eigenvalue weighted by molar-refractivity contribution is 6.08. The largest absolute Gasteiger partial charge is 0.480 e. The number of benzene rings is 3. The van der Waals surface area contributed by atoms with Crippen LogP contribution < -0.4 is 5.32 Å². The Hall–Kier alpha value is -3.87. The van der Waals surface area contributed by atoms with E-state index in [1.54, 1.807) is 54.6 Å². The molecule has 31 heavy (non-hydrogen) atoms. The van der Waals surface area contributed by atoms with Crippen LogP contribution in [-0.4, -0.2) is 28.8 Å². The van der Waals surface area contributed by atoms with E-state index in [0.717, 1.165) is 12.1 Å². The lowest BCUT2D eigenvalue weighted by Crippen LogP contribution is -2.43. The van der Waals surface area contributed by atoms with Crippen molar-refractivity contribution in [1.82, 2.24) is 5.32 Å². The monoisotopic (exact) mass is 423 g/mol. The predicted octanol–water partition coefficient (Wildman–Crippen LogP) is 3.55. The molecule has 3 rings (SSSR count). The van der Waals surface area contributed by atoms with Gasteiger partial charge >= 0.3 is 5.97 Å². The number of carboxylic acid groups (broad SMARTS) is 1. The van der Waals surface area contributed by atoms with Crippen molar-refractivity contribution in [2.75, 3.05) is 0 Å². The molecule has 1 atom stereocenters. The van der Waals surface area contributed by atoms with Gasteiger partial charge in [0.2, 0.25) is 5.91 Å². The minimum Gasteiger partial charge on any atom is -0.480 e. The van der Waals surface area contributed by atoms with Crippen LogP contribution in [0, 0.1) is 11.6 Å². The van der Waals surface area contributed by atoms with E-state index in [2.05, 4.69) is 5.32 Å². The molecule has 7 heteroatoms. The van der Waals surface area contributed by atoms with Gasteiger partial charge in [0, 0.05) is 23.1 Å². The van der Waals surface area contributed by atoms with Crippen molar-refractivity contribution in [1.29, 1.82) is 0 Å². The molecule has 1 amide bonds. The maximum atomic E-state index is 13.7. The first-order valence-electron chi connectivity index (χ1n) is 9.49. The van der Waals surface area contributed by atoms with E-state index >= 15 is 0 Å². The van der Waals surface area contributed by atoms with Crippen molar-refractivity contribution in [3.63, 3.8) is 0 Å². The predicted molar refractivity (Wildman–Crippen MR) is 110 cm³/mol. The number of carbonyl (C=O) groups excluding carboxylic acids is 2. The van der Waals surface area contributed by atoms with Crippen LogP contribution in [0.15, 0.2) is 72.8 Å². The van der Waals surface area contributed by atoms with Gasteiger partial charge in [-0.2, -0.15) is 0 Å². The van der Waals surface area contributed by atoms with Gasteiger partial charge in [-0.1, -0.05) is 60.7 Å². The zero-order valence-electron chi connectivity index (χ0n) is 16.3. The van der Waals surface area contributed by atoms with Crippen LogP contribution in [0.25, 0.3) is 0 Å². The van der Waals surface area contributed by atoms with Gasteiger partial charge in [-0.3, -0.25) is 9.59 Å². The summed E-state index contributed by atoms with van der Waals surface area (Å²) in [5, 5.41) is 11.7. The van der Waals surface area contributed by atoms with E-state index in [0.29, 0.717) is 16.7 Å². The second kappa shape index (κ2) is 9.75. The van der Waals surface area contributed by atoms with Crippen LogP contribution in [0.3, 0.4) is 0 Å². The SMILES string of the molecule is O=C(Cc1c(F)cccc1F)N[C@H](Cc1ccc(C(=O)c2ccccc2)cc1)C(=O)O. The second-order valence-corrected chi connectivity index (χ2v) is 6.93. The summed E-state index contributed by atoms with van der Waals surface area (Å²) in [7, 11) is 0. The van der Waals surface area contributed by atoms with Gasteiger partial charge in [-0.15, -0.1) is 0 Å². The number of amides is 1. The molecule has 0 aliphatic carbocycles. The molecule has 0 aliphatic rings. The summed E-state index contributed by atoms with van der Waals surface area (Å²) in [4.78, 5) is 36.2. The minimum absolute atomic E-state index is 0.0549. The van der Waals surface area contributed by atoms with Gasteiger partial charge in [-0.05, 0) is 17.7 Å². The van der Waals surface area contributed by atoms with E-state index < -0.39 is 41.5 Å². The number of ketones is 1. The van der Waals surface area contributed by atoms with Crippen molar-refractivity contribution in [3.8, 4) is 0 Å². The first-order chi connectivity index (χ1) is 14.8. The molecule has 0 bridgehead atoms. The molecular formula is C24H19F2NO4. The highest BCUT2D eigenvalue weighted by atomic mass is 19.1. The lowest BCUT2D eigenvalue weighted by atomic mass is 9.99. The van der Waals surface area contributed by atoms with Crippen LogP contribution in [0.5, 0.6) is 0 Å². The van der Waals surface area contributed by atoms with Crippen molar-refractivity contribution in [2.24, 2.45) is 0 Å². The summed E-state index contributed by atoms with van der Waals surface area (Å²) in [6, 6.07) is 17.0. The molecule has 0 fully saturated rings. The molecular weight excluding hydrogens is 404 g/mol. The average molecular weight is 423 g/mol. The highest BCUT2D eigenvalue weighted by Gasteiger charge is 2.22. The van der Waals surface area contributed by atoms with Crippen LogP contribution in [0.4, 0.5) is 8.78 Å². The Morgan fingerprint density at radius 2 is 1.39 bits per heavy atom. The van der Waals surface area contributed by atoms with Gasteiger partial charge in [0.15, 0.2) is 5.78 Å². The summed E-state index contributed by atoms with van der Waals surface area (Å²) in [5.41, 5.74) is 1.13. The molecule has 5 nitrogen and oxygen atoms in total. The van der Waals surface area contributed by atoms with Crippen molar-refractivity contribution < 1.29 is 28.3 Å². The van der Waals surface area contributed by atoms with Crippen LogP contribution in [-0.2, 0) is 22.4 Å². The summed E-state index contributed by atoms with van der Waals surface area (Å²) < 4.78 is 27.4. The number of halogens is 2. The molecule has 0 aromatic heterocycles. The Balaban J connectivity index is 1.67. The molecule has 0 aliphatic heterocycles. The first-order valence-corrected chi connectivity index (χ1v) is 9.49. The molecule has 158 valence electrons. The minimum atomic E-state index is -1.29. The number of rotatable bonds is 8. The van der Waals surface area contributed by atoms with Gasteiger partial charge in [-0.25, -0.2) is 13.6 Å². The average Bonchev–Trinajstić information content (AvgIpc) is 2.76. The quantitative estimate of drug-likeness (QED) is 0.543. The van der Waals surface area contributed by atoms with Gasteiger partial charge in [0.05, 0.1) is 6.42 Å². The van der Waals surface area contributed by atoms with E-state index in [1.807, 2.05) is 0 Å². The molecule has 0 radical (unpaired) electrons. The topological polar surface area (TPSA) is 83.5 Å². The number of aliphatic carboxylic acids is 1. The molecule has 0 saturated heterocycles. The second-order valence-electron chi connectivity index (χ2n) is 6.93. The summed E-state index contributed by atoms with van der Waals surface area (Å²) in [5.74, 6) is -4.01. The van der Waals surface area contributed by atoms with Gasteiger partial charge < -0.3 is 10.4 Å².